The van der Waals surface area contributed by atoms with Crippen LogP contribution < -0.4 is 5.32 Å². The summed E-state index contributed by atoms with van der Waals surface area (Å²) in [6.07, 6.45) is 3.09. The summed E-state index contributed by atoms with van der Waals surface area (Å²) in [6.45, 7) is 3.80. The summed E-state index contributed by atoms with van der Waals surface area (Å²) in [7, 11) is 1.63. The number of piperidine rings is 1. The minimum atomic E-state index is -0.167. The van der Waals surface area contributed by atoms with E-state index in [9.17, 15) is 4.79 Å². The smallest absolute Gasteiger partial charge is 0.323 e. The predicted molar refractivity (Wildman–Crippen MR) is 70.1 cm³/mol. The lowest BCUT2D eigenvalue weighted by atomic mass is 10.1. The third kappa shape index (κ3) is 8.15. The Balaban J connectivity index is 1.86. The number of ether oxygens (including phenoxy) is 4. The van der Waals surface area contributed by atoms with Gasteiger partial charge in [-0.15, -0.1) is 0 Å². The Labute approximate surface area is 114 Å². The van der Waals surface area contributed by atoms with E-state index in [1.165, 1.54) is 0 Å². The van der Waals surface area contributed by atoms with Gasteiger partial charge in [0.2, 0.25) is 0 Å². The van der Waals surface area contributed by atoms with Crippen LogP contribution in [0.5, 0.6) is 0 Å². The molecular formula is C13H25NO5. The Bertz CT molecular complexity index is 231. The highest BCUT2D eigenvalue weighted by Crippen LogP contribution is 2.07. The van der Waals surface area contributed by atoms with Crippen molar-refractivity contribution in [1.29, 1.82) is 0 Å². The Hall–Kier alpha value is -0.690. The first-order chi connectivity index (χ1) is 9.34. The normalized spacial score (nSPS) is 19.3. The zero-order valence-corrected chi connectivity index (χ0v) is 11.7. The number of rotatable bonds is 10. The van der Waals surface area contributed by atoms with Crippen LogP contribution in [0.1, 0.15) is 19.3 Å². The van der Waals surface area contributed by atoms with Crippen molar-refractivity contribution >= 4 is 5.97 Å². The SMILES string of the molecule is COCCOCCOCCOC(=O)[C@H]1CCCCN1. The lowest BCUT2D eigenvalue weighted by Crippen LogP contribution is -2.41. The molecule has 0 bridgehead atoms. The van der Waals surface area contributed by atoms with Gasteiger partial charge in [-0.05, 0) is 19.4 Å². The molecule has 1 aliphatic heterocycles. The highest BCUT2D eigenvalue weighted by molar-refractivity contribution is 5.75. The van der Waals surface area contributed by atoms with Crippen LogP contribution in [0.4, 0.5) is 0 Å². The average molecular weight is 275 g/mol. The van der Waals surface area contributed by atoms with E-state index in [1.807, 2.05) is 0 Å². The molecule has 0 radical (unpaired) electrons. The molecule has 6 heteroatoms. The number of esters is 1. The largest absolute Gasteiger partial charge is 0.462 e. The fourth-order valence-corrected chi connectivity index (χ4v) is 1.82. The Morgan fingerprint density at radius 2 is 1.74 bits per heavy atom. The highest BCUT2D eigenvalue weighted by Gasteiger charge is 2.21. The Kier molecular flexibility index (Phi) is 9.61. The van der Waals surface area contributed by atoms with Crippen molar-refractivity contribution in [2.75, 3.05) is 53.3 Å². The third-order valence-electron chi connectivity index (χ3n) is 2.87. The van der Waals surface area contributed by atoms with Gasteiger partial charge in [-0.2, -0.15) is 0 Å². The predicted octanol–water partition coefficient (Wildman–Crippen LogP) is 0.351. The maximum absolute atomic E-state index is 11.6. The number of hydrogen-bond acceptors (Lipinski definition) is 6. The van der Waals surface area contributed by atoms with Crippen molar-refractivity contribution in [2.45, 2.75) is 25.3 Å². The van der Waals surface area contributed by atoms with E-state index < -0.39 is 0 Å². The van der Waals surface area contributed by atoms with E-state index in [2.05, 4.69) is 5.32 Å². The number of carbonyl (C=O) groups is 1. The summed E-state index contributed by atoms with van der Waals surface area (Å²) in [5.74, 6) is -0.167. The molecule has 1 aliphatic rings. The van der Waals surface area contributed by atoms with Crippen molar-refractivity contribution in [3.8, 4) is 0 Å². The van der Waals surface area contributed by atoms with E-state index in [-0.39, 0.29) is 12.0 Å². The molecule has 0 aromatic carbocycles. The fraction of sp³-hybridized carbons (Fsp3) is 0.923. The van der Waals surface area contributed by atoms with Crippen molar-refractivity contribution < 1.29 is 23.7 Å². The molecule has 1 heterocycles. The van der Waals surface area contributed by atoms with E-state index in [0.717, 1.165) is 25.8 Å². The van der Waals surface area contributed by atoms with Crippen molar-refractivity contribution in [2.24, 2.45) is 0 Å². The molecule has 1 fully saturated rings. The van der Waals surface area contributed by atoms with Gasteiger partial charge in [0.05, 0.1) is 33.0 Å². The molecule has 6 nitrogen and oxygen atoms in total. The van der Waals surface area contributed by atoms with Gasteiger partial charge >= 0.3 is 5.97 Å². The van der Waals surface area contributed by atoms with Crippen LogP contribution in [0.2, 0.25) is 0 Å². The second-order valence-corrected chi connectivity index (χ2v) is 4.39. The number of carbonyl (C=O) groups excluding carboxylic acids is 1. The van der Waals surface area contributed by atoms with Crippen LogP contribution in [-0.2, 0) is 23.7 Å². The summed E-state index contributed by atoms with van der Waals surface area (Å²) >= 11 is 0. The molecule has 1 N–H and O–H groups in total. The minimum Gasteiger partial charge on any atom is -0.462 e. The standard InChI is InChI=1S/C13H25NO5/c1-16-6-7-17-8-9-18-10-11-19-13(15)12-4-2-3-5-14-12/h12,14H,2-11H2,1H3/t12-/m1/s1. The van der Waals surface area contributed by atoms with E-state index >= 15 is 0 Å². The van der Waals surface area contributed by atoms with E-state index in [1.54, 1.807) is 7.11 Å². The average Bonchev–Trinajstić information content (AvgIpc) is 2.46. The third-order valence-corrected chi connectivity index (χ3v) is 2.87. The zero-order chi connectivity index (χ0) is 13.8. The summed E-state index contributed by atoms with van der Waals surface area (Å²) in [4.78, 5) is 11.6. The molecule has 0 unspecified atom stereocenters. The monoisotopic (exact) mass is 275 g/mol. The van der Waals surface area contributed by atoms with Crippen LogP contribution in [0, 0.1) is 0 Å². The van der Waals surface area contributed by atoms with Crippen LogP contribution >= 0.6 is 0 Å². The van der Waals surface area contributed by atoms with Crippen LogP contribution in [0.3, 0.4) is 0 Å². The summed E-state index contributed by atoms with van der Waals surface area (Å²) < 4.78 is 20.5. The molecule has 112 valence electrons. The lowest BCUT2D eigenvalue weighted by molar-refractivity contribution is -0.148. The van der Waals surface area contributed by atoms with Crippen molar-refractivity contribution in [3.63, 3.8) is 0 Å². The maximum atomic E-state index is 11.6. The first kappa shape index (κ1) is 16.4. The number of methoxy groups -OCH3 is 1. The van der Waals surface area contributed by atoms with Crippen molar-refractivity contribution in [3.05, 3.63) is 0 Å². The van der Waals surface area contributed by atoms with Crippen LogP contribution in [0.15, 0.2) is 0 Å². The Morgan fingerprint density at radius 1 is 1.05 bits per heavy atom. The van der Waals surface area contributed by atoms with Crippen molar-refractivity contribution in [1.82, 2.24) is 5.32 Å². The molecule has 1 saturated heterocycles. The van der Waals surface area contributed by atoms with E-state index in [4.69, 9.17) is 18.9 Å². The first-order valence-corrected chi connectivity index (χ1v) is 6.89. The van der Waals surface area contributed by atoms with Gasteiger partial charge in [-0.25, -0.2) is 0 Å². The van der Waals surface area contributed by atoms with E-state index in [0.29, 0.717) is 39.6 Å². The number of nitrogens with one attached hydrogen (secondary N) is 1. The first-order valence-electron chi connectivity index (χ1n) is 6.89. The van der Waals surface area contributed by atoms with Crippen LogP contribution in [-0.4, -0.2) is 65.3 Å². The Morgan fingerprint density at radius 3 is 2.37 bits per heavy atom. The summed E-state index contributed by atoms with van der Waals surface area (Å²) in [5, 5.41) is 3.15. The van der Waals surface area contributed by atoms with Gasteiger partial charge in [-0.3, -0.25) is 4.79 Å². The highest BCUT2D eigenvalue weighted by atomic mass is 16.6. The molecule has 0 aliphatic carbocycles. The molecule has 0 saturated carbocycles. The fourth-order valence-electron chi connectivity index (χ4n) is 1.82. The minimum absolute atomic E-state index is 0.133. The molecule has 0 aromatic rings. The van der Waals surface area contributed by atoms with Crippen LogP contribution in [0.25, 0.3) is 0 Å². The molecule has 0 amide bonds. The maximum Gasteiger partial charge on any atom is 0.323 e. The molecule has 19 heavy (non-hydrogen) atoms. The lowest BCUT2D eigenvalue weighted by Gasteiger charge is -2.21. The quantitative estimate of drug-likeness (QED) is 0.458. The molecule has 1 atom stereocenters. The second-order valence-electron chi connectivity index (χ2n) is 4.39. The van der Waals surface area contributed by atoms with Gasteiger partial charge in [0.1, 0.15) is 12.6 Å². The topological polar surface area (TPSA) is 66.0 Å². The second kappa shape index (κ2) is 11.2. The van der Waals surface area contributed by atoms with Gasteiger partial charge in [0, 0.05) is 7.11 Å². The molecule has 0 aromatic heterocycles. The molecule has 0 spiro atoms. The number of hydrogen-bond donors (Lipinski definition) is 1. The molecular weight excluding hydrogens is 250 g/mol. The van der Waals surface area contributed by atoms with Gasteiger partial charge in [0.25, 0.3) is 0 Å². The van der Waals surface area contributed by atoms with Gasteiger partial charge in [-0.1, -0.05) is 6.42 Å². The zero-order valence-electron chi connectivity index (χ0n) is 11.7. The summed E-state index contributed by atoms with van der Waals surface area (Å²) in [5.41, 5.74) is 0. The van der Waals surface area contributed by atoms with Gasteiger partial charge in [0.15, 0.2) is 0 Å². The summed E-state index contributed by atoms with van der Waals surface area (Å²) in [6, 6.07) is -0.133. The molecule has 1 rings (SSSR count). The van der Waals surface area contributed by atoms with Gasteiger partial charge < -0.3 is 24.3 Å².